The maximum absolute atomic E-state index is 12.2. The summed E-state index contributed by atoms with van der Waals surface area (Å²) in [6.07, 6.45) is 2.25. The van der Waals surface area contributed by atoms with Crippen molar-refractivity contribution >= 4 is 24.3 Å². The van der Waals surface area contributed by atoms with Gasteiger partial charge in [0.25, 0.3) is 0 Å². The lowest BCUT2D eigenvalue weighted by Crippen LogP contribution is -2.50. The lowest BCUT2D eigenvalue weighted by atomic mass is 9.94. The van der Waals surface area contributed by atoms with Crippen LogP contribution in [-0.2, 0) is 14.3 Å². The van der Waals surface area contributed by atoms with Gasteiger partial charge in [-0.25, -0.2) is 0 Å². The Hall–Kier alpha value is -0.810. The average molecular weight is 307 g/mol. The number of likely N-dealkylation sites (tertiary alicyclic amines) is 1. The zero-order chi connectivity index (χ0) is 14.4. The van der Waals surface area contributed by atoms with Crippen molar-refractivity contribution in [2.24, 2.45) is 17.6 Å². The Morgan fingerprint density at radius 2 is 1.85 bits per heavy atom. The molecule has 2 N–H and O–H groups in total. The summed E-state index contributed by atoms with van der Waals surface area (Å²) < 4.78 is 5.01. The molecule has 1 aliphatic rings. The summed E-state index contributed by atoms with van der Waals surface area (Å²) >= 11 is 0. The number of halogens is 1. The van der Waals surface area contributed by atoms with Gasteiger partial charge in [-0.3, -0.25) is 9.59 Å². The van der Waals surface area contributed by atoms with Crippen LogP contribution in [0.15, 0.2) is 0 Å². The number of amides is 1. The Bertz CT molecular complexity index is 318. The molecule has 1 fully saturated rings. The molecule has 0 spiro atoms. The van der Waals surface area contributed by atoms with Crippen molar-refractivity contribution in [3.8, 4) is 0 Å². The van der Waals surface area contributed by atoms with Crippen LogP contribution in [0.3, 0.4) is 0 Å². The Labute approximate surface area is 127 Å². The highest BCUT2D eigenvalue weighted by Gasteiger charge is 2.31. The number of hydrogen-bond acceptors (Lipinski definition) is 4. The fourth-order valence-electron chi connectivity index (χ4n) is 2.30. The number of nitrogens with zero attached hydrogens (tertiary/aromatic N) is 1. The fourth-order valence-corrected chi connectivity index (χ4v) is 2.30. The van der Waals surface area contributed by atoms with E-state index in [0.717, 1.165) is 6.42 Å². The van der Waals surface area contributed by atoms with E-state index in [4.69, 9.17) is 10.5 Å². The molecule has 1 aliphatic heterocycles. The van der Waals surface area contributed by atoms with Crippen LogP contribution >= 0.6 is 12.4 Å². The molecule has 0 aromatic rings. The van der Waals surface area contributed by atoms with Crippen LogP contribution in [0.25, 0.3) is 0 Å². The van der Waals surface area contributed by atoms with Crippen molar-refractivity contribution in [1.82, 2.24) is 4.90 Å². The van der Waals surface area contributed by atoms with Crippen molar-refractivity contribution in [2.45, 2.75) is 46.1 Å². The molecule has 1 amide bonds. The van der Waals surface area contributed by atoms with Gasteiger partial charge in [0.1, 0.15) is 0 Å². The Morgan fingerprint density at radius 3 is 2.30 bits per heavy atom. The average Bonchev–Trinajstić information content (AvgIpc) is 2.45. The second-order valence-corrected chi connectivity index (χ2v) is 5.26. The molecule has 6 heteroatoms. The van der Waals surface area contributed by atoms with Gasteiger partial charge in [-0.2, -0.15) is 0 Å². The minimum absolute atomic E-state index is 0. The van der Waals surface area contributed by atoms with Gasteiger partial charge in [0.05, 0.1) is 18.6 Å². The van der Waals surface area contributed by atoms with E-state index in [9.17, 15) is 9.59 Å². The predicted octanol–water partition coefficient (Wildman–Crippen LogP) is 1.58. The maximum Gasteiger partial charge on any atom is 0.309 e. The summed E-state index contributed by atoms with van der Waals surface area (Å²) in [5.74, 6) is -0.00316. The molecule has 0 bridgehead atoms. The van der Waals surface area contributed by atoms with Crippen molar-refractivity contribution < 1.29 is 14.3 Å². The number of rotatable bonds is 5. The van der Waals surface area contributed by atoms with Crippen LogP contribution in [0.1, 0.15) is 40.0 Å². The molecule has 1 heterocycles. The van der Waals surface area contributed by atoms with Gasteiger partial charge in [-0.05, 0) is 25.7 Å². The lowest BCUT2D eigenvalue weighted by molar-refractivity contribution is -0.151. The number of carbonyl (C=O) groups excluding carboxylic acids is 2. The number of esters is 1. The smallest absolute Gasteiger partial charge is 0.309 e. The summed E-state index contributed by atoms with van der Waals surface area (Å²) in [6.45, 7) is 7.45. The molecule has 20 heavy (non-hydrogen) atoms. The largest absolute Gasteiger partial charge is 0.466 e. The third-order valence-electron chi connectivity index (χ3n) is 3.97. The van der Waals surface area contributed by atoms with Gasteiger partial charge in [0.2, 0.25) is 5.91 Å². The van der Waals surface area contributed by atoms with Crippen LogP contribution < -0.4 is 5.73 Å². The molecule has 2 atom stereocenters. The first-order chi connectivity index (χ1) is 9.01. The van der Waals surface area contributed by atoms with E-state index in [2.05, 4.69) is 0 Å². The van der Waals surface area contributed by atoms with E-state index < -0.39 is 6.04 Å². The molecular formula is C14H27ClN2O3. The topological polar surface area (TPSA) is 72.6 Å². The molecule has 1 rings (SSSR count). The normalized spacial score (nSPS) is 18.9. The zero-order valence-corrected chi connectivity index (χ0v) is 13.4. The van der Waals surface area contributed by atoms with Gasteiger partial charge in [0, 0.05) is 13.1 Å². The summed E-state index contributed by atoms with van der Waals surface area (Å²) in [4.78, 5) is 25.6. The van der Waals surface area contributed by atoms with Crippen molar-refractivity contribution in [3.05, 3.63) is 0 Å². The van der Waals surface area contributed by atoms with Gasteiger partial charge in [0.15, 0.2) is 0 Å². The Morgan fingerprint density at radius 1 is 1.30 bits per heavy atom. The van der Waals surface area contributed by atoms with E-state index in [1.54, 1.807) is 4.90 Å². The molecule has 0 radical (unpaired) electrons. The van der Waals surface area contributed by atoms with Crippen LogP contribution in [0, 0.1) is 11.8 Å². The molecule has 0 aromatic carbocycles. The van der Waals surface area contributed by atoms with Crippen LogP contribution in [-0.4, -0.2) is 42.5 Å². The van der Waals surface area contributed by atoms with Gasteiger partial charge in [-0.15, -0.1) is 12.4 Å². The molecule has 5 nitrogen and oxygen atoms in total. The summed E-state index contributed by atoms with van der Waals surface area (Å²) in [7, 11) is 0. The number of carbonyl (C=O) groups is 2. The standard InChI is InChI=1S/C14H26N2O3.ClH/c1-4-10(3)12(15)13(17)16-8-6-11(7-9-16)14(18)19-5-2;/h10-12H,4-9,15H2,1-3H3;1H. The second-order valence-electron chi connectivity index (χ2n) is 5.26. The predicted molar refractivity (Wildman–Crippen MR) is 80.6 cm³/mol. The van der Waals surface area contributed by atoms with Crippen LogP contribution in [0.4, 0.5) is 0 Å². The number of ether oxygens (including phenoxy) is 1. The Balaban J connectivity index is 0.00000361. The first-order valence-electron chi connectivity index (χ1n) is 7.22. The molecular weight excluding hydrogens is 280 g/mol. The number of piperidine rings is 1. The van der Waals surface area contributed by atoms with Gasteiger partial charge in [-0.1, -0.05) is 20.3 Å². The van der Waals surface area contributed by atoms with E-state index in [-0.39, 0.29) is 36.1 Å². The third kappa shape index (κ3) is 4.94. The van der Waals surface area contributed by atoms with Gasteiger partial charge < -0.3 is 15.4 Å². The van der Waals surface area contributed by atoms with Crippen LogP contribution in [0.5, 0.6) is 0 Å². The first kappa shape index (κ1) is 19.2. The van der Waals surface area contributed by atoms with E-state index in [1.165, 1.54) is 0 Å². The van der Waals surface area contributed by atoms with E-state index >= 15 is 0 Å². The molecule has 0 aromatic heterocycles. The Kier molecular flexibility index (Phi) is 8.81. The third-order valence-corrected chi connectivity index (χ3v) is 3.97. The van der Waals surface area contributed by atoms with Crippen molar-refractivity contribution in [3.63, 3.8) is 0 Å². The molecule has 118 valence electrons. The van der Waals surface area contributed by atoms with E-state index in [1.807, 2.05) is 20.8 Å². The van der Waals surface area contributed by atoms with Crippen molar-refractivity contribution in [1.29, 1.82) is 0 Å². The molecule has 1 saturated heterocycles. The summed E-state index contributed by atoms with van der Waals surface area (Å²) in [5.41, 5.74) is 5.96. The van der Waals surface area contributed by atoms with Crippen LogP contribution in [0.2, 0.25) is 0 Å². The highest BCUT2D eigenvalue weighted by Crippen LogP contribution is 2.20. The fraction of sp³-hybridized carbons (Fsp3) is 0.857. The highest BCUT2D eigenvalue weighted by molar-refractivity contribution is 5.85. The highest BCUT2D eigenvalue weighted by atomic mass is 35.5. The maximum atomic E-state index is 12.2. The SMILES string of the molecule is CCOC(=O)C1CCN(C(=O)C(N)C(C)CC)CC1.Cl. The van der Waals surface area contributed by atoms with E-state index in [0.29, 0.717) is 32.5 Å². The monoisotopic (exact) mass is 306 g/mol. The van der Waals surface area contributed by atoms with Crippen molar-refractivity contribution in [2.75, 3.05) is 19.7 Å². The number of hydrogen-bond donors (Lipinski definition) is 1. The molecule has 2 unspecified atom stereocenters. The zero-order valence-electron chi connectivity index (χ0n) is 12.6. The number of nitrogens with two attached hydrogens (primary N) is 1. The van der Waals surface area contributed by atoms with Gasteiger partial charge >= 0.3 is 5.97 Å². The first-order valence-corrected chi connectivity index (χ1v) is 7.22. The summed E-state index contributed by atoms with van der Waals surface area (Å²) in [6, 6.07) is -0.427. The minimum atomic E-state index is -0.427. The summed E-state index contributed by atoms with van der Waals surface area (Å²) in [5, 5.41) is 0. The minimum Gasteiger partial charge on any atom is -0.466 e. The molecule has 0 aliphatic carbocycles. The second kappa shape index (κ2) is 9.19. The quantitative estimate of drug-likeness (QED) is 0.783. The molecule has 0 saturated carbocycles. The lowest BCUT2D eigenvalue weighted by Gasteiger charge is -2.33.